The van der Waals surface area contributed by atoms with Gasteiger partial charge in [-0.2, -0.15) is 0 Å². The van der Waals surface area contributed by atoms with Crippen molar-refractivity contribution in [2.75, 3.05) is 0 Å². The molecule has 0 aromatic heterocycles. The van der Waals surface area contributed by atoms with E-state index in [0.717, 1.165) is 12.1 Å². The Bertz CT molecular complexity index is 563. The molecule has 2 aromatic rings. The van der Waals surface area contributed by atoms with E-state index in [1.165, 1.54) is 0 Å². The van der Waals surface area contributed by atoms with Crippen LogP contribution in [0.3, 0.4) is 0 Å². The fraction of sp³-hybridized carbons (Fsp3) is 0.200. The number of halogens is 5. The Balaban J connectivity index is 2.49. The van der Waals surface area contributed by atoms with Crippen molar-refractivity contribution >= 4 is 15.9 Å². The first kappa shape index (κ1) is 15.0. The molecular weight excluding hydrogens is 336 g/mol. The van der Waals surface area contributed by atoms with Gasteiger partial charge in [0.2, 0.25) is 0 Å². The number of alkyl halides is 1. The topological polar surface area (TPSA) is 0 Å². The van der Waals surface area contributed by atoms with Gasteiger partial charge in [-0.25, -0.2) is 17.6 Å². The van der Waals surface area contributed by atoms with E-state index in [4.69, 9.17) is 0 Å². The average Bonchev–Trinajstić information content (AvgIpc) is 2.40. The lowest BCUT2D eigenvalue weighted by Gasteiger charge is -2.14. The van der Waals surface area contributed by atoms with E-state index < -0.39 is 22.3 Å². The maximum absolute atomic E-state index is 13.6. The fourth-order valence-corrected chi connectivity index (χ4v) is 2.57. The van der Waals surface area contributed by atoms with Crippen LogP contribution < -0.4 is 0 Å². The second kappa shape index (κ2) is 5.56. The van der Waals surface area contributed by atoms with Crippen molar-refractivity contribution in [2.45, 2.75) is 18.7 Å². The largest absolute Gasteiger partial charge is 0.206 e. The molecule has 0 saturated heterocycles. The lowest BCUT2D eigenvalue weighted by molar-refractivity contribution is 0.445. The highest BCUT2D eigenvalue weighted by Crippen LogP contribution is 2.34. The van der Waals surface area contributed by atoms with Gasteiger partial charge >= 0.3 is 0 Å². The maximum Gasteiger partial charge on any atom is 0.194 e. The Hall–Kier alpha value is -1.36. The van der Waals surface area contributed by atoms with Gasteiger partial charge in [0, 0.05) is 0 Å². The normalized spacial score (nSPS) is 12.6. The van der Waals surface area contributed by atoms with E-state index in [9.17, 15) is 17.6 Å². The van der Waals surface area contributed by atoms with Crippen molar-refractivity contribution in [2.24, 2.45) is 0 Å². The number of rotatable bonds is 2. The molecule has 1 atom stereocenters. The highest BCUT2D eigenvalue weighted by Gasteiger charge is 2.18. The lowest BCUT2D eigenvalue weighted by atomic mass is 10.00. The molecule has 2 rings (SSSR count). The van der Waals surface area contributed by atoms with Gasteiger partial charge in [0.05, 0.1) is 4.83 Å². The van der Waals surface area contributed by atoms with Crippen molar-refractivity contribution in [1.29, 1.82) is 0 Å². The van der Waals surface area contributed by atoms with Gasteiger partial charge in [-0.15, -0.1) is 0 Å². The zero-order chi connectivity index (χ0) is 15.0. The molecule has 0 aliphatic heterocycles. The summed E-state index contributed by atoms with van der Waals surface area (Å²) in [6.45, 7) is 3.22. The Labute approximate surface area is 122 Å². The molecule has 0 amide bonds. The molecule has 20 heavy (non-hydrogen) atoms. The SMILES string of the molecule is Cc1cc(C(Br)c2cc(F)c(F)c(F)c2)cc(C)c1F. The monoisotopic (exact) mass is 346 g/mol. The minimum atomic E-state index is -1.50. The third kappa shape index (κ3) is 2.73. The molecule has 0 nitrogen and oxygen atoms in total. The van der Waals surface area contributed by atoms with E-state index in [2.05, 4.69) is 15.9 Å². The molecule has 0 N–H and O–H groups in total. The van der Waals surface area contributed by atoms with Crippen LogP contribution in [0.15, 0.2) is 24.3 Å². The molecule has 2 aromatic carbocycles. The maximum atomic E-state index is 13.6. The first-order chi connectivity index (χ1) is 9.31. The number of hydrogen-bond donors (Lipinski definition) is 0. The van der Waals surface area contributed by atoms with Crippen LogP contribution in [-0.4, -0.2) is 0 Å². The Morgan fingerprint density at radius 1 is 0.750 bits per heavy atom. The summed E-state index contributed by atoms with van der Waals surface area (Å²) in [5.41, 5.74) is 1.75. The highest BCUT2D eigenvalue weighted by molar-refractivity contribution is 9.09. The van der Waals surface area contributed by atoms with Gasteiger partial charge in [-0.05, 0) is 48.2 Å². The van der Waals surface area contributed by atoms with E-state index in [1.807, 2.05) is 0 Å². The summed E-state index contributed by atoms with van der Waals surface area (Å²) in [6, 6.07) is 5.01. The van der Waals surface area contributed by atoms with Crippen LogP contribution in [0.2, 0.25) is 0 Å². The van der Waals surface area contributed by atoms with Crippen LogP contribution in [-0.2, 0) is 0 Å². The third-order valence-electron chi connectivity index (χ3n) is 3.05. The predicted molar refractivity (Wildman–Crippen MR) is 73.0 cm³/mol. The summed E-state index contributed by atoms with van der Waals surface area (Å²) >= 11 is 3.30. The molecule has 0 aliphatic carbocycles. The van der Waals surface area contributed by atoms with Crippen LogP contribution >= 0.6 is 15.9 Å². The summed E-state index contributed by atoms with van der Waals surface area (Å²) in [6.07, 6.45) is 0. The first-order valence-electron chi connectivity index (χ1n) is 5.86. The molecule has 0 heterocycles. The average molecular weight is 347 g/mol. The number of benzene rings is 2. The van der Waals surface area contributed by atoms with E-state index >= 15 is 0 Å². The lowest BCUT2D eigenvalue weighted by Crippen LogP contribution is -2.00. The summed E-state index contributed by atoms with van der Waals surface area (Å²) < 4.78 is 53.0. The van der Waals surface area contributed by atoms with Gasteiger partial charge in [-0.1, -0.05) is 28.1 Å². The zero-order valence-corrected chi connectivity index (χ0v) is 12.4. The van der Waals surface area contributed by atoms with Gasteiger partial charge in [0.25, 0.3) is 0 Å². The number of hydrogen-bond acceptors (Lipinski definition) is 0. The number of aryl methyl sites for hydroxylation is 2. The third-order valence-corrected chi connectivity index (χ3v) is 4.11. The van der Waals surface area contributed by atoms with Crippen LogP contribution in [0, 0.1) is 37.1 Å². The summed E-state index contributed by atoms with van der Waals surface area (Å²) in [5.74, 6) is -4.31. The Morgan fingerprint density at radius 2 is 1.15 bits per heavy atom. The minimum absolute atomic E-state index is 0.229. The van der Waals surface area contributed by atoms with Crippen molar-refractivity contribution in [1.82, 2.24) is 0 Å². The smallest absolute Gasteiger partial charge is 0.194 e. The molecule has 0 saturated carbocycles. The standard InChI is InChI=1S/C15H11BrF4/c1-7-3-9(4-8(2)14(7)19)13(16)10-5-11(17)15(20)12(18)6-10/h3-6,13H,1-2H3. The highest BCUT2D eigenvalue weighted by atomic mass is 79.9. The molecule has 0 bridgehead atoms. The van der Waals surface area contributed by atoms with Crippen molar-refractivity contribution < 1.29 is 17.6 Å². The van der Waals surface area contributed by atoms with Crippen LogP contribution in [0.1, 0.15) is 27.1 Å². The molecule has 0 aliphatic rings. The second-order valence-corrected chi connectivity index (χ2v) is 5.55. The summed E-state index contributed by atoms with van der Waals surface area (Å²) in [7, 11) is 0. The quantitative estimate of drug-likeness (QED) is 0.391. The minimum Gasteiger partial charge on any atom is -0.206 e. The Kier molecular flexibility index (Phi) is 4.18. The van der Waals surface area contributed by atoms with E-state index in [-0.39, 0.29) is 11.4 Å². The molecule has 106 valence electrons. The molecule has 1 unspecified atom stereocenters. The molecule has 5 heteroatoms. The van der Waals surface area contributed by atoms with Crippen molar-refractivity contribution in [3.63, 3.8) is 0 Å². The fourth-order valence-electron chi connectivity index (χ4n) is 2.04. The van der Waals surface area contributed by atoms with E-state index in [0.29, 0.717) is 16.7 Å². The van der Waals surface area contributed by atoms with Gasteiger partial charge in [-0.3, -0.25) is 0 Å². The van der Waals surface area contributed by atoms with Gasteiger partial charge in [0.15, 0.2) is 17.5 Å². The van der Waals surface area contributed by atoms with Crippen LogP contribution in [0.25, 0.3) is 0 Å². The summed E-state index contributed by atoms with van der Waals surface area (Å²) in [4.78, 5) is -0.551. The van der Waals surface area contributed by atoms with Gasteiger partial charge in [0.1, 0.15) is 5.82 Å². The van der Waals surface area contributed by atoms with E-state index in [1.54, 1.807) is 26.0 Å². The molecule has 0 radical (unpaired) electrons. The summed E-state index contributed by atoms with van der Waals surface area (Å²) in [5, 5.41) is 0. The second-order valence-electron chi connectivity index (χ2n) is 4.63. The molecule has 0 spiro atoms. The van der Waals surface area contributed by atoms with Crippen LogP contribution in [0.4, 0.5) is 17.6 Å². The zero-order valence-electron chi connectivity index (χ0n) is 10.8. The molecule has 0 fully saturated rings. The van der Waals surface area contributed by atoms with Crippen molar-refractivity contribution in [3.8, 4) is 0 Å². The van der Waals surface area contributed by atoms with Crippen molar-refractivity contribution in [3.05, 3.63) is 69.8 Å². The predicted octanol–water partition coefficient (Wildman–Crippen LogP) is 5.34. The molecular formula is C15H11BrF4. The van der Waals surface area contributed by atoms with Gasteiger partial charge < -0.3 is 0 Å². The Morgan fingerprint density at radius 3 is 1.60 bits per heavy atom. The van der Waals surface area contributed by atoms with Crippen LogP contribution in [0.5, 0.6) is 0 Å². The first-order valence-corrected chi connectivity index (χ1v) is 6.78.